The topological polar surface area (TPSA) is 103 Å². The van der Waals surface area contributed by atoms with E-state index in [0.29, 0.717) is 62.6 Å². The highest BCUT2D eigenvalue weighted by Gasteiger charge is 2.50. The number of amides is 2. The Labute approximate surface area is 241 Å². The minimum Gasteiger partial charge on any atom is -0.378 e. The van der Waals surface area contributed by atoms with E-state index in [-0.39, 0.29) is 11.3 Å². The largest absolute Gasteiger partial charge is 0.393 e. The predicted molar refractivity (Wildman–Crippen MR) is 149 cm³/mol. The molecule has 0 bridgehead atoms. The van der Waals surface area contributed by atoms with E-state index in [9.17, 15) is 22.8 Å². The Balaban J connectivity index is 1.46. The van der Waals surface area contributed by atoms with Crippen LogP contribution in [0, 0.1) is 17.7 Å². The molecule has 3 aliphatic heterocycles. The second-order valence-electron chi connectivity index (χ2n) is 11.2. The quantitative estimate of drug-likeness (QED) is 0.494. The zero-order valence-electron chi connectivity index (χ0n) is 23.6. The molecule has 3 saturated heterocycles. The number of nitrogens with zero attached hydrogens (tertiary/aromatic N) is 5. The monoisotopic (exact) mass is 593 g/mol. The molecule has 5 rings (SSSR count). The molecule has 2 N–H and O–H groups in total. The van der Waals surface area contributed by atoms with Gasteiger partial charge in [0.1, 0.15) is 5.82 Å². The lowest BCUT2D eigenvalue weighted by Crippen LogP contribution is -2.50. The number of hydrogen-bond acceptors (Lipinski definition) is 8. The molecule has 2 aromatic rings. The van der Waals surface area contributed by atoms with Crippen LogP contribution in [0.25, 0.3) is 11.1 Å². The Kier molecular flexibility index (Phi) is 8.83. The van der Waals surface area contributed by atoms with E-state index in [4.69, 9.17) is 4.74 Å². The van der Waals surface area contributed by atoms with Crippen molar-refractivity contribution in [1.82, 2.24) is 20.2 Å². The molecule has 42 heavy (non-hydrogen) atoms. The first kappa shape index (κ1) is 30.0. The number of morpholine rings is 1. The highest BCUT2D eigenvalue weighted by molar-refractivity contribution is 5.98. The third kappa shape index (κ3) is 6.59. The van der Waals surface area contributed by atoms with Gasteiger partial charge in [-0.25, -0.2) is 14.4 Å². The molecule has 1 aromatic heterocycles. The standard InChI is InChI=1S/C28H35F4N7O3/c1-37(2)18-3-5-38(6-4-18)24-13-22(29)19(17-14-34-27(35-15-17)39-7-9-42-10-8-39)11-23(24)36-26(41)20-16-33-25(40)12-21(20)28(30,31)32/h11,13-15,18,20-21H,3-10,12,16H2,1-2H3,(H,33,40)(H,36,41). The van der Waals surface area contributed by atoms with Crippen molar-refractivity contribution in [3.8, 4) is 11.1 Å². The van der Waals surface area contributed by atoms with Crippen molar-refractivity contribution >= 4 is 29.1 Å². The van der Waals surface area contributed by atoms with E-state index in [1.165, 1.54) is 24.5 Å². The summed E-state index contributed by atoms with van der Waals surface area (Å²) in [5, 5.41) is 5.03. The number of piperidine rings is 2. The number of alkyl halides is 3. The summed E-state index contributed by atoms with van der Waals surface area (Å²) < 4.78 is 62.4. The lowest BCUT2D eigenvalue weighted by molar-refractivity contribution is -0.197. The molecule has 3 aliphatic rings. The van der Waals surface area contributed by atoms with Gasteiger partial charge in [0.15, 0.2) is 0 Å². The van der Waals surface area contributed by atoms with E-state index in [0.717, 1.165) is 12.8 Å². The van der Waals surface area contributed by atoms with E-state index < -0.39 is 48.6 Å². The number of benzene rings is 1. The van der Waals surface area contributed by atoms with Crippen LogP contribution in [0.15, 0.2) is 24.5 Å². The van der Waals surface area contributed by atoms with Crippen molar-refractivity contribution in [2.45, 2.75) is 31.5 Å². The van der Waals surface area contributed by atoms with Crippen molar-refractivity contribution in [3.63, 3.8) is 0 Å². The van der Waals surface area contributed by atoms with Crippen LogP contribution in [0.3, 0.4) is 0 Å². The number of anilines is 3. The van der Waals surface area contributed by atoms with Gasteiger partial charge >= 0.3 is 6.18 Å². The van der Waals surface area contributed by atoms with Crippen LogP contribution in [-0.4, -0.2) is 98.9 Å². The first-order valence-corrected chi connectivity index (χ1v) is 14.1. The van der Waals surface area contributed by atoms with Gasteiger partial charge in [-0.15, -0.1) is 0 Å². The molecule has 2 unspecified atom stereocenters. The zero-order valence-corrected chi connectivity index (χ0v) is 23.6. The molecule has 0 saturated carbocycles. The highest BCUT2D eigenvalue weighted by atomic mass is 19.4. The van der Waals surface area contributed by atoms with Crippen LogP contribution >= 0.6 is 0 Å². The number of carbonyl (C=O) groups is 2. The van der Waals surface area contributed by atoms with Crippen LogP contribution < -0.4 is 20.4 Å². The molecular weight excluding hydrogens is 558 g/mol. The van der Waals surface area contributed by atoms with Crippen LogP contribution in [0.4, 0.5) is 34.9 Å². The van der Waals surface area contributed by atoms with Gasteiger partial charge in [0.05, 0.1) is 36.4 Å². The van der Waals surface area contributed by atoms with Gasteiger partial charge in [-0.2, -0.15) is 13.2 Å². The fraction of sp³-hybridized carbons (Fsp3) is 0.571. The SMILES string of the molecule is CN(C)C1CCN(c2cc(F)c(-c3cnc(N4CCOCC4)nc3)cc2NC(=O)C2CNC(=O)CC2C(F)(F)F)CC1. The summed E-state index contributed by atoms with van der Waals surface area (Å²) in [6, 6.07) is 3.07. The van der Waals surface area contributed by atoms with Crippen molar-refractivity contribution in [2.24, 2.45) is 11.8 Å². The Morgan fingerprint density at radius 2 is 1.74 bits per heavy atom. The number of rotatable bonds is 6. The number of nitrogens with one attached hydrogen (secondary N) is 2. The van der Waals surface area contributed by atoms with Crippen LogP contribution in [0.5, 0.6) is 0 Å². The van der Waals surface area contributed by atoms with Crippen molar-refractivity contribution in [1.29, 1.82) is 0 Å². The van der Waals surface area contributed by atoms with Gasteiger partial charge in [-0.3, -0.25) is 9.59 Å². The molecule has 4 heterocycles. The van der Waals surface area contributed by atoms with E-state index >= 15 is 4.39 Å². The van der Waals surface area contributed by atoms with Gasteiger partial charge < -0.3 is 30.1 Å². The Morgan fingerprint density at radius 3 is 2.36 bits per heavy atom. The van der Waals surface area contributed by atoms with Gasteiger partial charge in [0.2, 0.25) is 17.8 Å². The average molecular weight is 594 g/mol. The Bertz CT molecular complexity index is 1280. The fourth-order valence-corrected chi connectivity index (χ4v) is 5.78. The molecule has 0 spiro atoms. The number of halogens is 4. The lowest BCUT2D eigenvalue weighted by atomic mass is 9.84. The molecule has 228 valence electrons. The van der Waals surface area contributed by atoms with Crippen LogP contribution in [-0.2, 0) is 14.3 Å². The maximum atomic E-state index is 15.7. The summed E-state index contributed by atoms with van der Waals surface area (Å²) in [7, 11) is 3.99. The normalized spacial score (nSPS) is 22.3. The van der Waals surface area contributed by atoms with E-state index in [1.807, 2.05) is 23.9 Å². The number of ether oxygens (including phenoxy) is 1. The average Bonchev–Trinajstić information content (AvgIpc) is 2.98. The number of aromatic nitrogens is 2. The minimum atomic E-state index is -4.73. The molecular formula is C28H35F4N7O3. The molecule has 2 amide bonds. The molecule has 14 heteroatoms. The third-order valence-electron chi connectivity index (χ3n) is 8.29. The van der Waals surface area contributed by atoms with E-state index in [2.05, 4.69) is 25.5 Å². The second kappa shape index (κ2) is 12.4. The maximum absolute atomic E-state index is 15.7. The lowest BCUT2D eigenvalue weighted by Gasteiger charge is -2.37. The first-order valence-electron chi connectivity index (χ1n) is 14.1. The number of hydrogen-bond donors (Lipinski definition) is 2. The zero-order chi connectivity index (χ0) is 30.0. The molecule has 0 radical (unpaired) electrons. The van der Waals surface area contributed by atoms with Crippen molar-refractivity contribution < 1.29 is 31.9 Å². The fourth-order valence-electron chi connectivity index (χ4n) is 5.78. The molecule has 3 fully saturated rings. The molecule has 0 aliphatic carbocycles. The summed E-state index contributed by atoms with van der Waals surface area (Å²) >= 11 is 0. The minimum absolute atomic E-state index is 0.107. The maximum Gasteiger partial charge on any atom is 0.393 e. The van der Waals surface area contributed by atoms with Gasteiger partial charge in [-0.1, -0.05) is 0 Å². The summed E-state index contributed by atoms with van der Waals surface area (Å²) in [6.07, 6.45) is -0.990. The summed E-state index contributed by atoms with van der Waals surface area (Å²) in [4.78, 5) is 39.9. The summed E-state index contributed by atoms with van der Waals surface area (Å²) in [6.45, 7) is 3.07. The molecule has 2 atom stereocenters. The van der Waals surface area contributed by atoms with Crippen LogP contribution in [0.2, 0.25) is 0 Å². The van der Waals surface area contributed by atoms with Crippen molar-refractivity contribution in [3.05, 3.63) is 30.3 Å². The van der Waals surface area contributed by atoms with E-state index in [1.54, 1.807) is 0 Å². The third-order valence-corrected chi connectivity index (χ3v) is 8.29. The predicted octanol–water partition coefficient (Wildman–Crippen LogP) is 2.90. The van der Waals surface area contributed by atoms with Gasteiger partial charge in [0.25, 0.3) is 0 Å². The molecule has 1 aromatic carbocycles. The Morgan fingerprint density at radius 1 is 1.07 bits per heavy atom. The smallest absolute Gasteiger partial charge is 0.378 e. The summed E-state index contributed by atoms with van der Waals surface area (Å²) in [5.74, 6) is -5.38. The van der Waals surface area contributed by atoms with Crippen LogP contribution in [0.1, 0.15) is 19.3 Å². The Hall–Kier alpha value is -3.52. The van der Waals surface area contributed by atoms with Gasteiger partial charge in [0, 0.05) is 68.7 Å². The second-order valence-corrected chi connectivity index (χ2v) is 11.2. The highest BCUT2D eigenvalue weighted by Crippen LogP contribution is 2.39. The molecule has 10 nitrogen and oxygen atoms in total. The number of carbonyl (C=O) groups excluding carboxylic acids is 2. The van der Waals surface area contributed by atoms with Crippen molar-refractivity contribution in [2.75, 3.05) is 75.1 Å². The first-order chi connectivity index (χ1) is 20.0. The summed E-state index contributed by atoms with van der Waals surface area (Å²) in [5.41, 5.74) is 1.04. The van der Waals surface area contributed by atoms with Gasteiger partial charge in [-0.05, 0) is 39.1 Å².